The van der Waals surface area contributed by atoms with Gasteiger partial charge < -0.3 is 4.74 Å². The molecular formula is C23H15F7N4O4. The van der Waals surface area contributed by atoms with E-state index in [1.54, 1.807) is 0 Å². The van der Waals surface area contributed by atoms with Crippen LogP contribution in [0.3, 0.4) is 0 Å². The van der Waals surface area contributed by atoms with Crippen LogP contribution in [0.4, 0.5) is 41.2 Å². The second-order valence-corrected chi connectivity index (χ2v) is 8.14. The number of ether oxygens (including phenoxy) is 1. The van der Waals surface area contributed by atoms with Crippen molar-refractivity contribution in [1.82, 2.24) is 15.1 Å². The highest BCUT2D eigenvalue weighted by molar-refractivity contribution is 6.04. The highest BCUT2D eigenvalue weighted by Crippen LogP contribution is 2.46. The van der Waals surface area contributed by atoms with E-state index in [1.165, 1.54) is 0 Å². The van der Waals surface area contributed by atoms with Crippen LogP contribution in [0.15, 0.2) is 48.8 Å². The van der Waals surface area contributed by atoms with E-state index >= 15 is 0 Å². The van der Waals surface area contributed by atoms with Crippen LogP contribution in [0.1, 0.15) is 23.6 Å². The van der Waals surface area contributed by atoms with Crippen molar-refractivity contribution in [1.29, 1.82) is 0 Å². The van der Waals surface area contributed by atoms with Crippen LogP contribution in [-0.4, -0.2) is 34.7 Å². The number of benzene rings is 2. The lowest BCUT2D eigenvalue weighted by Gasteiger charge is -2.22. The van der Waals surface area contributed by atoms with Crippen molar-refractivity contribution in [3.8, 4) is 16.9 Å². The summed E-state index contributed by atoms with van der Waals surface area (Å²) in [6.07, 6.45) is -10.5. The first kappa shape index (κ1) is 26.6. The quantitative estimate of drug-likeness (QED) is 0.371. The van der Waals surface area contributed by atoms with Crippen molar-refractivity contribution in [3.63, 3.8) is 0 Å². The molecule has 1 aliphatic heterocycles. The Morgan fingerprint density at radius 3 is 2.29 bits per heavy atom. The van der Waals surface area contributed by atoms with Gasteiger partial charge in [0.15, 0.2) is 5.75 Å². The number of amides is 3. The lowest BCUT2D eigenvalue weighted by molar-refractivity contribution is -0.143. The average Bonchev–Trinajstić information content (AvgIpc) is 3.43. The molecule has 1 unspecified atom stereocenters. The number of alkyl halides is 6. The fourth-order valence-electron chi connectivity index (χ4n) is 3.65. The van der Waals surface area contributed by atoms with Crippen LogP contribution < -0.4 is 15.0 Å². The van der Waals surface area contributed by atoms with Gasteiger partial charge in [-0.05, 0) is 36.4 Å². The summed E-state index contributed by atoms with van der Waals surface area (Å²) in [5, 5.41) is 5.82. The molecule has 2 aromatic carbocycles. The van der Waals surface area contributed by atoms with Gasteiger partial charge in [0.2, 0.25) is 5.91 Å². The minimum Gasteiger partial charge on any atom is -0.409 e. The van der Waals surface area contributed by atoms with Gasteiger partial charge in [0.1, 0.15) is 11.9 Å². The molecule has 38 heavy (non-hydrogen) atoms. The number of aromatic nitrogens is 2. The molecule has 3 amide bonds. The lowest BCUT2D eigenvalue weighted by Crippen LogP contribution is -2.30. The minimum absolute atomic E-state index is 0.0168. The number of hydrogen-bond acceptors (Lipinski definition) is 5. The number of carbonyl (C=O) groups is 3. The summed E-state index contributed by atoms with van der Waals surface area (Å²) in [6.45, 7) is 0. The Morgan fingerprint density at radius 1 is 1.08 bits per heavy atom. The SMILES string of the molecule is CN(C(=O)Oc1c(-c2cnn(C3CC(=O)NC3=O)c2)cc(C(F)(F)F)cc1C(F)(F)F)c1ccc(F)cc1. The van der Waals surface area contributed by atoms with Gasteiger partial charge in [0, 0.05) is 30.1 Å². The van der Waals surface area contributed by atoms with Crippen LogP contribution in [0, 0.1) is 5.82 Å². The van der Waals surface area contributed by atoms with E-state index in [2.05, 4.69) is 5.10 Å². The molecule has 15 heteroatoms. The van der Waals surface area contributed by atoms with E-state index in [9.17, 15) is 45.1 Å². The molecule has 0 saturated carbocycles. The van der Waals surface area contributed by atoms with Crippen LogP contribution in [0.25, 0.3) is 11.1 Å². The Morgan fingerprint density at radius 2 is 1.74 bits per heavy atom. The molecule has 8 nitrogen and oxygen atoms in total. The number of carbonyl (C=O) groups excluding carboxylic acids is 3. The molecule has 1 fully saturated rings. The summed E-state index contributed by atoms with van der Waals surface area (Å²) in [4.78, 5) is 36.9. The normalized spacial score (nSPS) is 15.9. The van der Waals surface area contributed by atoms with E-state index in [1.807, 2.05) is 5.32 Å². The molecule has 0 radical (unpaired) electrons. The Hall–Kier alpha value is -4.43. The summed E-state index contributed by atoms with van der Waals surface area (Å²) < 4.78 is 102. The molecule has 2 heterocycles. The number of anilines is 1. The van der Waals surface area contributed by atoms with E-state index < -0.39 is 64.6 Å². The van der Waals surface area contributed by atoms with Crippen LogP contribution in [0.2, 0.25) is 0 Å². The predicted molar refractivity (Wildman–Crippen MR) is 115 cm³/mol. The van der Waals surface area contributed by atoms with Crippen LogP contribution in [-0.2, 0) is 21.9 Å². The van der Waals surface area contributed by atoms with Crippen molar-refractivity contribution in [3.05, 3.63) is 65.7 Å². The molecule has 0 aliphatic carbocycles. The van der Waals surface area contributed by atoms with Crippen molar-refractivity contribution >= 4 is 23.6 Å². The van der Waals surface area contributed by atoms with Crippen LogP contribution >= 0.6 is 0 Å². The summed E-state index contributed by atoms with van der Waals surface area (Å²) in [5.74, 6) is -3.32. The number of nitrogens with zero attached hydrogens (tertiary/aromatic N) is 3. The minimum atomic E-state index is -5.40. The molecule has 200 valence electrons. The maximum atomic E-state index is 14.0. The molecule has 0 bridgehead atoms. The second-order valence-electron chi connectivity index (χ2n) is 8.14. The van der Waals surface area contributed by atoms with E-state index in [0.29, 0.717) is 6.07 Å². The summed E-state index contributed by atoms with van der Waals surface area (Å²) >= 11 is 0. The first-order chi connectivity index (χ1) is 17.6. The molecule has 1 aromatic heterocycles. The van der Waals surface area contributed by atoms with Crippen molar-refractivity contribution < 1.29 is 49.9 Å². The topological polar surface area (TPSA) is 93.5 Å². The molecule has 1 aliphatic rings. The van der Waals surface area contributed by atoms with Gasteiger partial charge in [-0.2, -0.15) is 31.4 Å². The van der Waals surface area contributed by atoms with E-state index in [4.69, 9.17) is 4.74 Å². The molecule has 0 spiro atoms. The third-order valence-electron chi connectivity index (χ3n) is 5.57. The fraction of sp³-hybridized carbons (Fsp3) is 0.217. The molecule has 1 N–H and O–H groups in total. The monoisotopic (exact) mass is 544 g/mol. The summed E-state index contributed by atoms with van der Waals surface area (Å²) in [5.41, 5.74) is -4.73. The van der Waals surface area contributed by atoms with Gasteiger partial charge in [-0.15, -0.1) is 0 Å². The number of halogens is 7. The number of nitrogens with one attached hydrogen (secondary N) is 1. The van der Waals surface area contributed by atoms with Crippen molar-refractivity contribution in [2.45, 2.75) is 24.8 Å². The Kier molecular flexibility index (Phi) is 6.63. The summed E-state index contributed by atoms with van der Waals surface area (Å²) in [7, 11) is 1.10. The zero-order valence-corrected chi connectivity index (χ0v) is 19.0. The maximum absolute atomic E-state index is 14.0. The van der Waals surface area contributed by atoms with Gasteiger partial charge in [0.05, 0.1) is 23.7 Å². The number of hydrogen-bond donors (Lipinski definition) is 1. The second kappa shape index (κ2) is 9.46. The highest BCUT2D eigenvalue weighted by Gasteiger charge is 2.42. The van der Waals surface area contributed by atoms with E-state index in [0.717, 1.165) is 53.3 Å². The summed E-state index contributed by atoms with van der Waals surface area (Å²) in [6, 6.07) is 3.18. The molecule has 3 aromatic rings. The highest BCUT2D eigenvalue weighted by atomic mass is 19.4. The molecule has 1 saturated heterocycles. The Bertz CT molecular complexity index is 1410. The number of rotatable bonds is 4. The zero-order valence-electron chi connectivity index (χ0n) is 19.0. The smallest absolute Gasteiger partial charge is 0.409 e. The maximum Gasteiger partial charge on any atom is 0.420 e. The average molecular weight is 544 g/mol. The van der Waals surface area contributed by atoms with Gasteiger partial charge in [-0.3, -0.25) is 24.5 Å². The van der Waals surface area contributed by atoms with Gasteiger partial charge in [0.25, 0.3) is 5.91 Å². The molecular weight excluding hydrogens is 529 g/mol. The van der Waals surface area contributed by atoms with Crippen LogP contribution in [0.5, 0.6) is 5.75 Å². The lowest BCUT2D eigenvalue weighted by atomic mass is 9.99. The third-order valence-corrected chi connectivity index (χ3v) is 5.57. The first-order valence-electron chi connectivity index (χ1n) is 10.6. The van der Waals surface area contributed by atoms with Crippen molar-refractivity contribution in [2.75, 3.05) is 11.9 Å². The largest absolute Gasteiger partial charge is 0.420 e. The fourth-order valence-corrected chi connectivity index (χ4v) is 3.65. The standard InChI is InChI=1S/C23H15F7N4O4/c1-33(14-4-2-13(24)3-5-14)21(37)38-19-15(6-12(22(25,26)27)7-16(19)23(28,29)30)11-9-31-34(10-11)17-8-18(35)32-20(17)36/h2-7,9-10,17H,8H2,1H3,(H,32,35,36). The Balaban J connectivity index is 1.84. The van der Waals surface area contributed by atoms with Gasteiger partial charge in [-0.1, -0.05) is 0 Å². The van der Waals surface area contributed by atoms with Gasteiger partial charge >= 0.3 is 18.4 Å². The van der Waals surface area contributed by atoms with Crippen molar-refractivity contribution in [2.24, 2.45) is 0 Å². The van der Waals surface area contributed by atoms with E-state index in [-0.39, 0.29) is 23.7 Å². The molecule has 1 atom stereocenters. The Labute approximate surface area is 208 Å². The third kappa shape index (κ3) is 5.31. The molecule has 4 rings (SSSR count). The first-order valence-corrected chi connectivity index (χ1v) is 10.6. The zero-order chi connectivity index (χ0) is 28.0. The predicted octanol–water partition coefficient (Wildman–Crippen LogP) is 4.95. The number of imide groups is 1. The van der Waals surface area contributed by atoms with Gasteiger partial charge in [-0.25, -0.2) is 9.18 Å².